The standard InChI is InChI=1S/C13H13Br2N3S/c1-2-9-12(15)13(16)18-11(17-9)7-19-10-6-4-3-5-8(10)14/h3-6H,2,7H2,1H3,(H2,16,17,18). The minimum atomic E-state index is 0.509. The van der Waals surface area contributed by atoms with Crippen LogP contribution in [-0.4, -0.2) is 9.97 Å². The molecule has 0 saturated heterocycles. The maximum atomic E-state index is 5.88. The number of hydrogen-bond acceptors (Lipinski definition) is 4. The van der Waals surface area contributed by atoms with Gasteiger partial charge in [0.05, 0.1) is 15.9 Å². The van der Waals surface area contributed by atoms with Gasteiger partial charge in [0.25, 0.3) is 0 Å². The molecule has 0 saturated carbocycles. The highest BCUT2D eigenvalue weighted by Gasteiger charge is 2.09. The highest BCUT2D eigenvalue weighted by Crippen LogP contribution is 2.30. The third kappa shape index (κ3) is 3.70. The van der Waals surface area contributed by atoms with Gasteiger partial charge in [0.2, 0.25) is 0 Å². The Morgan fingerprint density at radius 2 is 1.95 bits per heavy atom. The molecule has 1 aromatic carbocycles. The zero-order valence-electron chi connectivity index (χ0n) is 10.4. The van der Waals surface area contributed by atoms with E-state index in [9.17, 15) is 0 Å². The Morgan fingerprint density at radius 1 is 1.21 bits per heavy atom. The molecule has 19 heavy (non-hydrogen) atoms. The van der Waals surface area contributed by atoms with E-state index < -0.39 is 0 Å². The molecule has 2 aromatic rings. The Bertz CT molecular complexity index is 590. The Balaban J connectivity index is 2.16. The average molecular weight is 403 g/mol. The zero-order valence-corrected chi connectivity index (χ0v) is 14.3. The van der Waals surface area contributed by atoms with Gasteiger partial charge in [-0.15, -0.1) is 11.8 Å². The summed E-state index contributed by atoms with van der Waals surface area (Å²) in [5, 5.41) is 0. The number of nitrogens with two attached hydrogens (primary N) is 1. The van der Waals surface area contributed by atoms with Crippen LogP contribution in [0.4, 0.5) is 5.82 Å². The predicted octanol–water partition coefficient (Wildman–Crippen LogP) is 4.44. The first-order chi connectivity index (χ1) is 9.11. The van der Waals surface area contributed by atoms with E-state index in [0.717, 1.165) is 26.9 Å². The maximum absolute atomic E-state index is 5.88. The first-order valence-electron chi connectivity index (χ1n) is 5.80. The lowest BCUT2D eigenvalue weighted by Crippen LogP contribution is -2.04. The van der Waals surface area contributed by atoms with Crippen molar-refractivity contribution in [3.05, 3.63) is 44.7 Å². The van der Waals surface area contributed by atoms with Crippen molar-refractivity contribution in [1.29, 1.82) is 0 Å². The highest BCUT2D eigenvalue weighted by molar-refractivity contribution is 9.11. The van der Waals surface area contributed by atoms with E-state index in [1.165, 1.54) is 4.90 Å². The van der Waals surface area contributed by atoms with Gasteiger partial charge in [0.15, 0.2) is 0 Å². The fourth-order valence-corrected chi connectivity index (χ4v) is 3.45. The second kappa shape index (κ2) is 6.72. The summed E-state index contributed by atoms with van der Waals surface area (Å²) in [6.45, 7) is 2.05. The molecule has 0 aliphatic carbocycles. The van der Waals surface area contributed by atoms with Gasteiger partial charge in [-0.3, -0.25) is 0 Å². The molecule has 0 aliphatic rings. The summed E-state index contributed by atoms with van der Waals surface area (Å²) in [5.41, 5.74) is 6.83. The molecule has 0 aliphatic heterocycles. The van der Waals surface area contributed by atoms with Crippen molar-refractivity contribution in [2.75, 3.05) is 5.73 Å². The fraction of sp³-hybridized carbons (Fsp3) is 0.231. The molecule has 2 rings (SSSR count). The SMILES string of the molecule is CCc1nc(CSc2ccccc2Br)nc(N)c1Br. The fourth-order valence-electron chi connectivity index (χ4n) is 1.57. The van der Waals surface area contributed by atoms with Gasteiger partial charge < -0.3 is 5.73 Å². The molecule has 0 amide bonds. The van der Waals surface area contributed by atoms with Crippen LogP contribution < -0.4 is 5.73 Å². The van der Waals surface area contributed by atoms with Crippen LogP contribution in [0.1, 0.15) is 18.4 Å². The van der Waals surface area contributed by atoms with Crippen molar-refractivity contribution in [3.8, 4) is 0 Å². The monoisotopic (exact) mass is 401 g/mol. The lowest BCUT2D eigenvalue weighted by molar-refractivity contribution is 0.934. The van der Waals surface area contributed by atoms with Gasteiger partial charge in [0, 0.05) is 9.37 Å². The van der Waals surface area contributed by atoms with E-state index >= 15 is 0 Å². The summed E-state index contributed by atoms with van der Waals surface area (Å²) in [6.07, 6.45) is 0.833. The first-order valence-corrected chi connectivity index (χ1v) is 8.37. The largest absolute Gasteiger partial charge is 0.383 e. The van der Waals surface area contributed by atoms with Crippen molar-refractivity contribution in [2.24, 2.45) is 0 Å². The minimum Gasteiger partial charge on any atom is -0.383 e. The number of anilines is 1. The van der Waals surface area contributed by atoms with Crippen molar-refractivity contribution in [2.45, 2.75) is 24.0 Å². The molecule has 100 valence electrons. The summed E-state index contributed by atoms with van der Waals surface area (Å²) in [7, 11) is 0. The van der Waals surface area contributed by atoms with Crippen LogP contribution >= 0.6 is 43.6 Å². The lowest BCUT2D eigenvalue weighted by atomic mass is 10.3. The molecule has 0 bridgehead atoms. The molecule has 3 nitrogen and oxygen atoms in total. The summed E-state index contributed by atoms with van der Waals surface area (Å²) in [5.74, 6) is 1.97. The van der Waals surface area contributed by atoms with Crippen LogP contribution in [0.15, 0.2) is 38.1 Å². The van der Waals surface area contributed by atoms with Crippen LogP contribution in [-0.2, 0) is 12.2 Å². The van der Waals surface area contributed by atoms with E-state index in [-0.39, 0.29) is 0 Å². The molecule has 0 spiro atoms. The van der Waals surface area contributed by atoms with Gasteiger partial charge in [0.1, 0.15) is 11.6 Å². The van der Waals surface area contributed by atoms with Crippen LogP contribution in [0.3, 0.4) is 0 Å². The number of nitrogens with zero attached hydrogens (tertiary/aromatic N) is 2. The topological polar surface area (TPSA) is 51.8 Å². The lowest BCUT2D eigenvalue weighted by Gasteiger charge is -2.08. The molecule has 6 heteroatoms. The van der Waals surface area contributed by atoms with Crippen molar-refractivity contribution < 1.29 is 0 Å². The maximum Gasteiger partial charge on any atom is 0.141 e. The predicted molar refractivity (Wildman–Crippen MR) is 87.2 cm³/mol. The number of halogens is 2. The van der Waals surface area contributed by atoms with E-state index in [1.807, 2.05) is 18.2 Å². The number of nitrogen functional groups attached to an aromatic ring is 1. The van der Waals surface area contributed by atoms with Gasteiger partial charge in [-0.05, 0) is 50.4 Å². The number of aryl methyl sites for hydroxylation is 1. The molecule has 1 aromatic heterocycles. The second-order valence-corrected chi connectivity index (χ2v) is 6.52. The van der Waals surface area contributed by atoms with Crippen molar-refractivity contribution >= 4 is 49.4 Å². The van der Waals surface area contributed by atoms with Gasteiger partial charge in [-0.25, -0.2) is 9.97 Å². The van der Waals surface area contributed by atoms with E-state index in [4.69, 9.17) is 5.73 Å². The molecular formula is C13H13Br2N3S. The third-order valence-corrected chi connectivity index (χ3v) is 5.41. The molecule has 1 heterocycles. The molecule has 0 radical (unpaired) electrons. The zero-order chi connectivity index (χ0) is 13.8. The Kier molecular flexibility index (Phi) is 5.24. The van der Waals surface area contributed by atoms with Crippen LogP contribution in [0, 0.1) is 0 Å². The number of benzene rings is 1. The summed E-state index contributed by atoms with van der Waals surface area (Å²) in [6, 6.07) is 8.10. The Morgan fingerprint density at radius 3 is 2.63 bits per heavy atom. The quantitative estimate of drug-likeness (QED) is 0.768. The normalized spacial score (nSPS) is 10.7. The Hall–Kier alpha value is -0.590. The molecule has 0 atom stereocenters. The molecule has 0 fully saturated rings. The molecule has 0 unspecified atom stereocenters. The molecule has 2 N–H and O–H groups in total. The third-order valence-electron chi connectivity index (χ3n) is 2.52. The molecular weight excluding hydrogens is 390 g/mol. The number of thioether (sulfide) groups is 1. The van der Waals surface area contributed by atoms with Crippen molar-refractivity contribution in [3.63, 3.8) is 0 Å². The van der Waals surface area contributed by atoms with Gasteiger partial charge in [-0.1, -0.05) is 19.1 Å². The van der Waals surface area contributed by atoms with E-state index in [0.29, 0.717) is 11.6 Å². The summed E-state index contributed by atoms with van der Waals surface area (Å²) in [4.78, 5) is 10.0. The summed E-state index contributed by atoms with van der Waals surface area (Å²) < 4.78 is 1.89. The van der Waals surface area contributed by atoms with Crippen LogP contribution in [0.5, 0.6) is 0 Å². The Labute approximate surface area is 133 Å². The summed E-state index contributed by atoms with van der Waals surface area (Å²) >= 11 is 8.64. The van der Waals surface area contributed by atoms with Gasteiger partial charge >= 0.3 is 0 Å². The average Bonchev–Trinajstić information content (AvgIpc) is 2.41. The highest BCUT2D eigenvalue weighted by atomic mass is 79.9. The van der Waals surface area contributed by atoms with E-state index in [2.05, 4.69) is 54.8 Å². The van der Waals surface area contributed by atoms with Crippen molar-refractivity contribution in [1.82, 2.24) is 9.97 Å². The number of rotatable bonds is 4. The first kappa shape index (κ1) is 14.8. The number of aromatic nitrogens is 2. The van der Waals surface area contributed by atoms with Crippen LogP contribution in [0.2, 0.25) is 0 Å². The van der Waals surface area contributed by atoms with E-state index in [1.54, 1.807) is 11.8 Å². The van der Waals surface area contributed by atoms with Crippen LogP contribution in [0.25, 0.3) is 0 Å². The minimum absolute atomic E-state index is 0.509. The number of hydrogen-bond donors (Lipinski definition) is 1. The second-order valence-electron chi connectivity index (χ2n) is 3.86. The van der Waals surface area contributed by atoms with Gasteiger partial charge in [-0.2, -0.15) is 0 Å². The smallest absolute Gasteiger partial charge is 0.141 e.